The number of carbonyl (C=O) groups excluding carboxylic acids is 1. The third kappa shape index (κ3) is 5.09. The van der Waals surface area contributed by atoms with E-state index >= 15 is 0 Å². The molecule has 0 aliphatic carbocycles. The number of aliphatic carboxylic acids is 1. The Morgan fingerprint density at radius 3 is 2.56 bits per heavy atom. The average Bonchev–Trinajstić information content (AvgIpc) is 2.26. The first-order valence-electron chi connectivity index (χ1n) is 5.24. The average molecular weight is 232 g/mol. The summed E-state index contributed by atoms with van der Waals surface area (Å²) in [7, 11) is 0. The minimum absolute atomic E-state index is 0.0867. The molecule has 0 fully saturated rings. The Kier molecular flexibility index (Phi) is 6.67. The Labute approximate surface area is 95.1 Å². The zero-order valence-electron chi connectivity index (χ0n) is 9.78. The quantitative estimate of drug-likeness (QED) is 0.493. The van der Waals surface area contributed by atoms with Crippen molar-refractivity contribution in [1.82, 2.24) is 5.32 Å². The topological polar surface area (TPSA) is 102 Å². The summed E-state index contributed by atoms with van der Waals surface area (Å²) in [5.41, 5.74) is 4.26. The maximum absolute atomic E-state index is 11.2. The molecular weight excluding hydrogens is 212 g/mol. The molecule has 1 atom stereocenters. The van der Waals surface area contributed by atoms with Crippen molar-refractivity contribution in [2.24, 2.45) is 11.1 Å². The SMILES string of the molecule is CCC(C)(CNC(=O)COCCN)C(=O)O. The lowest BCUT2D eigenvalue weighted by molar-refractivity contribution is -0.148. The lowest BCUT2D eigenvalue weighted by Gasteiger charge is -2.23. The lowest BCUT2D eigenvalue weighted by atomic mass is 9.88. The largest absolute Gasteiger partial charge is 0.481 e. The van der Waals surface area contributed by atoms with E-state index in [9.17, 15) is 9.59 Å². The third-order valence-electron chi connectivity index (χ3n) is 2.47. The van der Waals surface area contributed by atoms with Crippen LogP contribution in [-0.2, 0) is 14.3 Å². The number of ether oxygens (including phenoxy) is 1. The number of nitrogens with one attached hydrogen (secondary N) is 1. The van der Waals surface area contributed by atoms with E-state index in [1.807, 2.05) is 0 Å². The van der Waals surface area contributed by atoms with Crippen LogP contribution in [0.15, 0.2) is 0 Å². The van der Waals surface area contributed by atoms with Gasteiger partial charge in [0.05, 0.1) is 12.0 Å². The van der Waals surface area contributed by atoms with Gasteiger partial charge in [0.25, 0.3) is 0 Å². The number of hydrogen-bond donors (Lipinski definition) is 3. The van der Waals surface area contributed by atoms with Crippen molar-refractivity contribution >= 4 is 11.9 Å². The molecule has 0 radical (unpaired) electrons. The highest BCUT2D eigenvalue weighted by molar-refractivity contribution is 5.79. The minimum atomic E-state index is -0.927. The van der Waals surface area contributed by atoms with Crippen LogP contribution >= 0.6 is 0 Å². The van der Waals surface area contributed by atoms with Crippen LogP contribution in [0.25, 0.3) is 0 Å². The van der Waals surface area contributed by atoms with Crippen molar-refractivity contribution in [2.75, 3.05) is 26.3 Å². The first-order valence-corrected chi connectivity index (χ1v) is 5.24. The maximum Gasteiger partial charge on any atom is 0.311 e. The zero-order chi connectivity index (χ0) is 12.6. The molecule has 0 aliphatic heterocycles. The first kappa shape index (κ1) is 14.9. The van der Waals surface area contributed by atoms with Gasteiger partial charge in [0.15, 0.2) is 0 Å². The standard InChI is InChI=1S/C10H20N2O4/c1-3-10(2,9(14)15)7-12-8(13)6-16-5-4-11/h3-7,11H2,1-2H3,(H,12,13)(H,14,15). The van der Waals surface area contributed by atoms with Gasteiger partial charge in [0, 0.05) is 13.1 Å². The molecule has 6 heteroatoms. The van der Waals surface area contributed by atoms with Crippen LogP contribution in [0, 0.1) is 5.41 Å². The molecule has 0 rings (SSSR count). The van der Waals surface area contributed by atoms with Crippen LogP contribution in [0.4, 0.5) is 0 Å². The molecule has 4 N–H and O–H groups in total. The smallest absolute Gasteiger partial charge is 0.311 e. The molecule has 0 saturated carbocycles. The summed E-state index contributed by atoms with van der Waals surface area (Å²) in [6.45, 7) is 4.05. The number of carboxylic acid groups (broad SMARTS) is 1. The van der Waals surface area contributed by atoms with Gasteiger partial charge in [-0.05, 0) is 13.3 Å². The number of carbonyl (C=O) groups is 2. The summed E-state index contributed by atoms with van der Waals surface area (Å²) in [6.07, 6.45) is 0.451. The zero-order valence-corrected chi connectivity index (χ0v) is 9.78. The minimum Gasteiger partial charge on any atom is -0.481 e. The van der Waals surface area contributed by atoms with Crippen molar-refractivity contribution in [3.8, 4) is 0 Å². The monoisotopic (exact) mass is 232 g/mol. The molecular formula is C10H20N2O4. The normalized spacial score (nSPS) is 14.2. The van der Waals surface area contributed by atoms with Gasteiger partial charge >= 0.3 is 5.97 Å². The first-order chi connectivity index (χ1) is 7.46. The molecule has 0 aromatic carbocycles. The molecule has 6 nitrogen and oxygen atoms in total. The molecule has 0 heterocycles. The molecule has 0 spiro atoms. The van der Waals surface area contributed by atoms with Gasteiger partial charge in [-0.1, -0.05) is 6.92 Å². The summed E-state index contributed by atoms with van der Waals surface area (Å²) in [5, 5.41) is 11.5. The molecule has 94 valence electrons. The Morgan fingerprint density at radius 2 is 2.12 bits per heavy atom. The van der Waals surface area contributed by atoms with Gasteiger partial charge in [-0.25, -0.2) is 0 Å². The Morgan fingerprint density at radius 1 is 1.50 bits per heavy atom. The number of rotatable bonds is 8. The summed E-state index contributed by atoms with van der Waals surface area (Å²) in [6, 6.07) is 0. The van der Waals surface area contributed by atoms with Gasteiger partial charge in [0.1, 0.15) is 6.61 Å². The number of nitrogens with two attached hydrogens (primary N) is 1. The van der Waals surface area contributed by atoms with E-state index in [-0.39, 0.29) is 19.1 Å². The van der Waals surface area contributed by atoms with E-state index in [1.165, 1.54) is 0 Å². The molecule has 16 heavy (non-hydrogen) atoms. The molecule has 1 amide bonds. The van der Waals surface area contributed by atoms with Crippen molar-refractivity contribution in [1.29, 1.82) is 0 Å². The summed E-state index contributed by atoms with van der Waals surface area (Å²) in [4.78, 5) is 22.2. The van der Waals surface area contributed by atoms with E-state index in [2.05, 4.69) is 5.32 Å². The van der Waals surface area contributed by atoms with Crippen LogP contribution in [0.5, 0.6) is 0 Å². The second-order valence-corrected chi connectivity index (χ2v) is 3.84. The molecule has 0 saturated heterocycles. The lowest BCUT2D eigenvalue weighted by Crippen LogP contribution is -2.41. The van der Waals surface area contributed by atoms with Crippen LogP contribution in [0.2, 0.25) is 0 Å². The number of hydrogen-bond acceptors (Lipinski definition) is 4. The predicted octanol–water partition coefficient (Wildman–Crippen LogP) is -0.421. The molecule has 0 aromatic heterocycles. The van der Waals surface area contributed by atoms with Crippen LogP contribution in [-0.4, -0.2) is 43.3 Å². The Bertz CT molecular complexity index is 245. The highest BCUT2D eigenvalue weighted by atomic mass is 16.5. The van der Waals surface area contributed by atoms with E-state index in [0.29, 0.717) is 19.6 Å². The molecule has 1 unspecified atom stereocenters. The van der Waals surface area contributed by atoms with Crippen molar-refractivity contribution < 1.29 is 19.4 Å². The third-order valence-corrected chi connectivity index (χ3v) is 2.47. The van der Waals surface area contributed by atoms with E-state index in [1.54, 1.807) is 13.8 Å². The molecule has 0 bridgehead atoms. The predicted molar refractivity (Wildman–Crippen MR) is 58.9 cm³/mol. The fraction of sp³-hybridized carbons (Fsp3) is 0.800. The summed E-state index contributed by atoms with van der Waals surface area (Å²) < 4.78 is 4.92. The van der Waals surface area contributed by atoms with Crippen molar-refractivity contribution in [3.05, 3.63) is 0 Å². The molecule has 0 aliphatic rings. The Hall–Kier alpha value is -1.14. The fourth-order valence-electron chi connectivity index (χ4n) is 0.945. The summed E-state index contributed by atoms with van der Waals surface area (Å²) >= 11 is 0. The van der Waals surface area contributed by atoms with Crippen LogP contribution in [0.1, 0.15) is 20.3 Å². The maximum atomic E-state index is 11.2. The van der Waals surface area contributed by atoms with Crippen molar-refractivity contribution in [3.63, 3.8) is 0 Å². The van der Waals surface area contributed by atoms with E-state index < -0.39 is 11.4 Å². The van der Waals surface area contributed by atoms with Crippen LogP contribution in [0.3, 0.4) is 0 Å². The van der Waals surface area contributed by atoms with Crippen LogP contribution < -0.4 is 11.1 Å². The van der Waals surface area contributed by atoms with E-state index in [0.717, 1.165) is 0 Å². The van der Waals surface area contributed by atoms with Gasteiger partial charge in [-0.15, -0.1) is 0 Å². The van der Waals surface area contributed by atoms with Gasteiger partial charge < -0.3 is 20.9 Å². The molecule has 0 aromatic rings. The Balaban J connectivity index is 3.93. The fourth-order valence-corrected chi connectivity index (χ4v) is 0.945. The van der Waals surface area contributed by atoms with Gasteiger partial charge in [-0.2, -0.15) is 0 Å². The van der Waals surface area contributed by atoms with E-state index in [4.69, 9.17) is 15.6 Å². The van der Waals surface area contributed by atoms with Crippen molar-refractivity contribution in [2.45, 2.75) is 20.3 Å². The number of amides is 1. The van der Waals surface area contributed by atoms with Gasteiger partial charge in [-0.3, -0.25) is 9.59 Å². The highest BCUT2D eigenvalue weighted by Crippen LogP contribution is 2.19. The second kappa shape index (κ2) is 7.19. The summed E-state index contributed by atoms with van der Waals surface area (Å²) in [5.74, 6) is -1.24. The second-order valence-electron chi connectivity index (χ2n) is 3.84. The highest BCUT2D eigenvalue weighted by Gasteiger charge is 2.31. The van der Waals surface area contributed by atoms with Gasteiger partial charge in [0.2, 0.25) is 5.91 Å². The number of carboxylic acids is 1.